The predicted octanol–water partition coefficient (Wildman–Crippen LogP) is 7.35. The predicted molar refractivity (Wildman–Crippen MR) is 142 cm³/mol. The van der Waals surface area contributed by atoms with E-state index in [1.54, 1.807) is 0 Å². The molecule has 2 bridgehead atoms. The quantitative estimate of drug-likeness (QED) is 0.263. The fraction of sp³-hybridized carbons (Fsp3) is 0.344. The zero-order chi connectivity index (χ0) is 24.3. The van der Waals surface area contributed by atoms with Crippen molar-refractivity contribution in [2.45, 2.75) is 56.5 Å². The van der Waals surface area contributed by atoms with Crippen molar-refractivity contribution in [3.05, 3.63) is 102 Å². The van der Waals surface area contributed by atoms with Gasteiger partial charge in [-0.25, -0.2) is 4.79 Å². The van der Waals surface area contributed by atoms with Crippen molar-refractivity contribution in [3.63, 3.8) is 0 Å². The molecule has 0 spiro atoms. The molecule has 36 heavy (non-hydrogen) atoms. The Bertz CT molecular complexity index is 1210. The van der Waals surface area contributed by atoms with Gasteiger partial charge >= 0.3 is 6.09 Å². The lowest BCUT2D eigenvalue weighted by Gasteiger charge is -2.44. The number of hydrogen-bond donors (Lipinski definition) is 0. The second-order valence-electron chi connectivity index (χ2n) is 10.2. The summed E-state index contributed by atoms with van der Waals surface area (Å²) in [5, 5.41) is 0. The lowest BCUT2D eigenvalue weighted by Crippen LogP contribution is -2.52. The highest BCUT2D eigenvalue weighted by Crippen LogP contribution is 2.45. The van der Waals surface area contributed by atoms with Crippen molar-refractivity contribution in [3.8, 4) is 16.9 Å². The molecular weight excluding hydrogens is 446 g/mol. The van der Waals surface area contributed by atoms with Crippen molar-refractivity contribution in [2.24, 2.45) is 0 Å². The van der Waals surface area contributed by atoms with Crippen molar-refractivity contribution in [1.29, 1.82) is 0 Å². The maximum atomic E-state index is 13.4. The molecule has 4 nitrogen and oxygen atoms in total. The summed E-state index contributed by atoms with van der Waals surface area (Å²) in [5.41, 5.74) is 6.49. The maximum absolute atomic E-state index is 13.4. The van der Waals surface area contributed by atoms with Crippen LogP contribution in [0.1, 0.15) is 55.6 Å². The van der Waals surface area contributed by atoms with Gasteiger partial charge in [0.1, 0.15) is 12.4 Å². The van der Waals surface area contributed by atoms with E-state index in [-0.39, 0.29) is 24.1 Å². The first-order valence-electron chi connectivity index (χ1n) is 13.3. The number of fused-ring (bicyclic) bond motifs is 5. The minimum atomic E-state index is -0.158. The van der Waals surface area contributed by atoms with Gasteiger partial charge in [0.2, 0.25) is 0 Å². The van der Waals surface area contributed by atoms with E-state index in [9.17, 15) is 4.79 Å². The molecule has 184 valence electrons. The van der Waals surface area contributed by atoms with Gasteiger partial charge in [-0.15, -0.1) is 0 Å². The van der Waals surface area contributed by atoms with Crippen LogP contribution < -0.4 is 4.74 Å². The van der Waals surface area contributed by atoms with Gasteiger partial charge < -0.3 is 9.47 Å². The van der Waals surface area contributed by atoms with Gasteiger partial charge in [0.25, 0.3) is 0 Å². The smallest absolute Gasteiger partial charge is 0.410 e. The van der Waals surface area contributed by atoms with Crippen LogP contribution in [0.15, 0.2) is 90.5 Å². The Balaban J connectivity index is 1.08. The van der Waals surface area contributed by atoms with Gasteiger partial charge in [0.15, 0.2) is 0 Å². The van der Waals surface area contributed by atoms with E-state index in [1.807, 2.05) is 35.2 Å². The minimum absolute atomic E-state index is 0.0988. The first kappa shape index (κ1) is 22.9. The second-order valence-corrected chi connectivity index (χ2v) is 10.2. The van der Waals surface area contributed by atoms with Crippen LogP contribution >= 0.6 is 0 Å². The number of benzene rings is 3. The number of para-hydroxylation sites is 1. The average Bonchev–Trinajstić information content (AvgIpc) is 3.23. The van der Waals surface area contributed by atoms with Crippen LogP contribution in [0.3, 0.4) is 0 Å². The summed E-state index contributed by atoms with van der Waals surface area (Å²) < 4.78 is 11.9. The van der Waals surface area contributed by atoms with Crippen LogP contribution in [0.2, 0.25) is 0 Å². The highest BCUT2D eigenvalue weighted by atomic mass is 16.6. The molecule has 0 aromatic heterocycles. The van der Waals surface area contributed by atoms with Crippen LogP contribution in [0.25, 0.3) is 11.1 Å². The van der Waals surface area contributed by atoms with Gasteiger partial charge in [-0.2, -0.15) is 0 Å². The Labute approximate surface area is 213 Å². The zero-order valence-corrected chi connectivity index (χ0v) is 20.6. The molecule has 3 aromatic rings. The highest BCUT2D eigenvalue weighted by Gasteiger charge is 2.38. The van der Waals surface area contributed by atoms with Gasteiger partial charge in [-0.1, -0.05) is 78.4 Å². The van der Waals surface area contributed by atoms with Crippen LogP contribution in [0.4, 0.5) is 4.79 Å². The standard InChI is InChI=1S/C32H33NO3/c34-32(36-22-31-29-17-6-4-15-27(29)28-16-5-7-18-30(28)31)33-24-11-8-12-25(33)21-23(20-24)10-9-19-35-26-13-2-1-3-14-26/h1-7,13-18,20,24-25,31H,8-12,19,21-22H2. The summed E-state index contributed by atoms with van der Waals surface area (Å²) in [4.78, 5) is 15.4. The Morgan fingerprint density at radius 2 is 1.56 bits per heavy atom. The minimum Gasteiger partial charge on any atom is -0.494 e. The molecule has 6 rings (SSSR count). The summed E-state index contributed by atoms with van der Waals surface area (Å²) in [5.74, 6) is 1.02. The number of ether oxygens (including phenoxy) is 2. The Hall–Kier alpha value is -3.53. The van der Waals surface area contributed by atoms with Gasteiger partial charge in [0, 0.05) is 12.0 Å². The van der Waals surface area contributed by atoms with Crippen molar-refractivity contribution >= 4 is 6.09 Å². The third-order valence-electron chi connectivity index (χ3n) is 7.91. The molecule has 0 radical (unpaired) electrons. The summed E-state index contributed by atoms with van der Waals surface area (Å²) >= 11 is 0. The first-order valence-corrected chi connectivity index (χ1v) is 13.3. The molecule has 2 aliphatic heterocycles. The number of hydrogen-bond acceptors (Lipinski definition) is 3. The largest absolute Gasteiger partial charge is 0.494 e. The Morgan fingerprint density at radius 3 is 2.28 bits per heavy atom. The molecule has 0 N–H and O–H groups in total. The number of amides is 1. The van der Waals surface area contributed by atoms with E-state index >= 15 is 0 Å². The maximum Gasteiger partial charge on any atom is 0.410 e. The molecule has 1 aliphatic carbocycles. The SMILES string of the molecule is O=C(OCC1c2ccccc2-c2ccccc21)N1C2C=C(CCCOc3ccccc3)CC1CCC2. The monoisotopic (exact) mass is 479 g/mol. The molecule has 1 amide bonds. The van der Waals surface area contributed by atoms with E-state index < -0.39 is 0 Å². The van der Waals surface area contributed by atoms with E-state index in [2.05, 4.69) is 54.6 Å². The zero-order valence-electron chi connectivity index (χ0n) is 20.6. The molecule has 0 saturated carbocycles. The third-order valence-corrected chi connectivity index (χ3v) is 7.91. The molecule has 1 fully saturated rings. The van der Waals surface area contributed by atoms with Crippen LogP contribution in [0.5, 0.6) is 5.75 Å². The molecule has 3 aromatic carbocycles. The normalized spacial score (nSPS) is 20.3. The van der Waals surface area contributed by atoms with Gasteiger partial charge in [-0.05, 0) is 72.9 Å². The van der Waals surface area contributed by atoms with Crippen molar-refractivity contribution in [1.82, 2.24) is 4.90 Å². The lowest BCUT2D eigenvalue weighted by molar-refractivity contribution is 0.0506. The lowest BCUT2D eigenvalue weighted by atomic mass is 9.84. The number of piperidine rings is 1. The fourth-order valence-corrected chi connectivity index (χ4v) is 6.26. The molecule has 2 unspecified atom stereocenters. The molecule has 4 heteroatoms. The van der Waals surface area contributed by atoms with E-state index in [0.29, 0.717) is 13.2 Å². The third kappa shape index (κ3) is 4.53. The Morgan fingerprint density at radius 1 is 0.861 bits per heavy atom. The van der Waals surface area contributed by atoms with Crippen LogP contribution in [0, 0.1) is 0 Å². The number of rotatable bonds is 7. The fourth-order valence-electron chi connectivity index (χ4n) is 6.26. The van der Waals surface area contributed by atoms with Crippen molar-refractivity contribution in [2.75, 3.05) is 13.2 Å². The van der Waals surface area contributed by atoms with Gasteiger partial charge in [-0.3, -0.25) is 4.90 Å². The van der Waals surface area contributed by atoms with Gasteiger partial charge in [0.05, 0.1) is 12.6 Å². The first-order chi connectivity index (χ1) is 17.8. The summed E-state index contributed by atoms with van der Waals surface area (Å²) in [6, 6.07) is 27.4. The molecule has 2 atom stereocenters. The van der Waals surface area contributed by atoms with E-state index in [1.165, 1.54) is 34.2 Å². The van der Waals surface area contributed by atoms with Crippen LogP contribution in [-0.2, 0) is 4.74 Å². The highest BCUT2D eigenvalue weighted by molar-refractivity contribution is 5.79. The second kappa shape index (κ2) is 10.2. The number of carbonyl (C=O) groups excluding carboxylic acids is 1. The summed E-state index contributed by atoms with van der Waals surface area (Å²) in [7, 11) is 0. The average molecular weight is 480 g/mol. The number of nitrogens with zero attached hydrogens (tertiary/aromatic N) is 1. The summed E-state index contributed by atoms with van der Waals surface area (Å²) in [6.45, 7) is 1.10. The molecule has 3 aliphatic rings. The summed E-state index contributed by atoms with van der Waals surface area (Å²) in [6.07, 6.45) is 8.39. The van der Waals surface area contributed by atoms with E-state index in [4.69, 9.17) is 9.47 Å². The molecule has 1 saturated heterocycles. The van der Waals surface area contributed by atoms with Crippen molar-refractivity contribution < 1.29 is 14.3 Å². The Kier molecular flexibility index (Phi) is 6.50. The topological polar surface area (TPSA) is 38.8 Å². The van der Waals surface area contributed by atoms with E-state index in [0.717, 1.165) is 37.9 Å². The van der Waals surface area contributed by atoms with Crippen LogP contribution in [-0.4, -0.2) is 36.3 Å². The molecular formula is C32H33NO3. The number of carbonyl (C=O) groups is 1. The molecule has 2 heterocycles.